The Labute approximate surface area is 185 Å². The summed E-state index contributed by atoms with van der Waals surface area (Å²) < 4.78 is 5.32. The van der Waals surface area contributed by atoms with Crippen molar-refractivity contribution >= 4 is 35.1 Å². The van der Waals surface area contributed by atoms with Gasteiger partial charge in [0.15, 0.2) is 0 Å². The summed E-state index contributed by atoms with van der Waals surface area (Å²) in [6.45, 7) is 4.31. The van der Waals surface area contributed by atoms with E-state index in [1.54, 1.807) is 33.2 Å². The minimum Gasteiger partial charge on any atom is -0.378 e. The Morgan fingerprint density at radius 1 is 1.29 bits per heavy atom. The Kier molecular flexibility index (Phi) is 7.29. The fourth-order valence-electron chi connectivity index (χ4n) is 3.28. The van der Waals surface area contributed by atoms with Gasteiger partial charge in [-0.2, -0.15) is 0 Å². The monoisotopic (exact) mass is 447 g/mol. The molecule has 2 heterocycles. The summed E-state index contributed by atoms with van der Waals surface area (Å²) in [6.07, 6.45) is 0.368. The van der Waals surface area contributed by atoms with Crippen LogP contribution in [0.3, 0.4) is 0 Å². The molecular formula is C21H26ClN5O4. The van der Waals surface area contributed by atoms with Crippen molar-refractivity contribution in [3.63, 3.8) is 0 Å². The van der Waals surface area contributed by atoms with Gasteiger partial charge in [-0.15, -0.1) is 0 Å². The Morgan fingerprint density at radius 3 is 2.61 bits per heavy atom. The number of hydrogen-bond acceptors (Lipinski definition) is 6. The van der Waals surface area contributed by atoms with Gasteiger partial charge in [0.2, 0.25) is 11.9 Å². The quantitative estimate of drug-likeness (QED) is 0.699. The third kappa shape index (κ3) is 5.62. The predicted molar refractivity (Wildman–Crippen MR) is 119 cm³/mol. The first kappa shape index (κ1) is 22.8. The van der Waals surface area contributed by atoms with Crippen LogP contribution in [-0.4, -0.2) is 67.1 Å². The Hall–Kier alpha value is -2.91. The van der Waals surface area contributed by atoms with E-state index in [0.717, 1.165) is 0 Å². The number of ether oxygens (including phenoxy) is 1. The van der Waals surface area contributed by atoms with E-state index in [4.69, 9.17) is 16.3 Å². The number of benzene rings is 1. The number of carbonyl (C=O) groups is 2. The van der Waals surface area contributed by atoms with Crippen LogP contribution in [-0.2, 0) is 16.0 Å². The zero-order valence-corrected chi connectivity index (χ0v) is 18.6. The number of halogens is 1. The minimum atomic E-state index is -0.265. The van der Waals surface area contributed by atoms with Crippen LogP contribution in [0.4, 0.5) is 11.6 Å². The lowest BCUT2D eigenvalue weighted by molar-refractivity contribution is -0.116. The van der Waals surface area contributed by atoms with E-state index in [1.165, 1.54) is 11.0 Å². The fourth-order valence-corrected chi connectivity index (χ4v) is 3.55. The molecule has 9 nitrogen and oxygen atoms in total. The molecule has 1 aliphatic rings. The smallest absolute Gasteiger partial charge is 0.255 e. The Bertz CT molecular complexity index is 1030. The highest BCUT2D eigenvalue weighted by atomic mass is 35.5. The molecule has 0 radical (unpaired) electrons. The third-order valence-electron chi connectivity index (χ3n) is 5.01. The maximum Gasteiger partial charge on any atom is 0.255 e. The van der Waals surface area contributed by atoms with Crippen LogP contribution in [0.2, 0.25) is 5.02 Å². The first-order valence-electron chi connectivity index (χ1n) is 10.00. The summed E-state index contributed by atoms with van der Waals surface area (Å²) in [5.41, 5.74) is 1.69. The zero-order valence-electron chi connectivity index (χ0n) is 17.8. The highest BCUT2D eigenvalue weighted by Crippen LogP contribution is 2.22. The van der Waals surface area contributed by atoms with Crippen LogP contribution < -0.4 is 15.8 Å². The van der Waals surface area contributed by atoms with Crippen molar-refractivity contribution in [2.75, 3.05) is 50.6 Å². The second-order valence-electron chi connectivity index (χ2n) is 7.50. The van der Waals surface area contributed by atoms with Gasteiger partial charge in [0, 0.05) is 50.6 Å². The van der Waals surface area contributed by atoms with E-state index in [2.05, 4.69) is 15.3 Å². The molecule has 0 bridgehead atoms. The topological polar surface area (TPSA) is 108 Å². The number of carbonyl (C=O) groups excluding carboxylic acids is 2. The van der Waals surface area contributed by atoms with E-state index in [1.807, 2.05) is 4.90 Å². The van der Waals surface area contributed by atoms with Gasteiger partial charge >= 0.3 is 0 Å². The summed E-state index contributed by atoms with van der Waals surface area (Å²) >= 11 is 6.18. The second-order valence-corrected chi connectivity index (χ2v) is 7.90. The molecule has 166 valence electrons. The van der Waals surface area contributed by atoms with Crippen LogP contribution in [0, 0.1) is 6.92 Å². The number of nitrogens with one attached hydrogen (secondary N) is 2. The van der Waals surface area contributed by atoms with Gasteiger partial charge in [-0.1, -0.05) is 11.6 Å². The first-order chi connectivity index (χ1) is 14.8. The molecule has 0 spiro atoms. The molecule has 1 aliphatic heterocycles. The van der Waals surface area contributed by atoms with Gasteiger partial charge in [-0.25, -0.2) is 4.98 Å². The van der Waals surface area contributed by atoms with Crippen LogP contribution in [0.1, 0.15) is 28.0 Å². The van der Waals surface area contributed by atoms with E-state index in [-0.39, 0.29) is 35.2 Å². The number of morpholine rings is 1. The van der Waals surface area contributed by atoms with E-state index in [9.17, 15) is 14.4 Å². The van der Waals surface area contributed by atoms with E-state index >= 15 is 0 Å². The fraction of sp³-hybridized carbons (Fsp3) is 0.429. The van der Waals surface area contributed by atoms with Crippen LogP contribution >= 0.6 is 11.6 Å². The van der Waals surface area contributed by atoms with Crippen molar-refractivity contribution < 1.29 is 14.3 Å². The average Bonchev–Trinajstić information content (AvgIpc) is 2.73. The number of rotatable bonds is 6. The van der Waals surface area contributed by atoms with Gasteiger partial charge in [0.05, 0.1) is 23.8 Å². The van der Waals surface area contributed by atoms with E-state index < -0.39 is 0 Å². The number of aryl methyl sites for hydroxylation is 1. The van der Waals surface area contributed by atoms with Gasteiger partial charge < -0.3 is 19.9 Å². The summed E-state index contributed by atoms with van der Waals surface area (Å²) in [6, 6.07) is 4.73. The summed E-state index contributed by atoms with van der Waals surface area (Å²) in [7, 11) is 3.28. The van der Waals surface area contributed by atoms with Crippen molar-refractivity contribution in [1.82, 2.24) is 14.9 Å². The molecule has 1 fully saturated rings. The highest BCUT2D eigenvalue weighted by Gasteiger charge is 2.17. The number of anilines is 2. The molecule has 1 aromatic carbocycles. The van der Waals surface area contributed by atoms with Crippen molar-refractivity contribution in [2.45, 2.75) is 19.8 Å². The third-order valence-corrected chi connectivity index (χ3v) is 5.32. The summed E-state index contributed by atoms with van der Waals surface area (Å²) in [5.74, 6) is 0.0467. The molecule has 2 N–H and O–H groups in total. The lowest BCUT2D eigenvalue weighted by atomic mass is 10.1. The maximum absolute atomic E-state index is 12.5. The molecule has 0 unspecified atom stereocenters. The molecule has 0 atom stereocenters. The van der Waals surface area contributed by atoms with Crippen molar-refractivity contribution in [1.29, 1.82) is 0 Å². The number of aromatic amines is 1. The van der Waals surface area contributed by atoms with Crippen LogP contribution in [0.5, 0.6) is 0 Å². The van der Waals surface area contributed by atoms with Gasteiger partial charge in [-0.3, -0.25) is 19.4 Å². The number of nitrogens with zero attached hydrogens (tertiary/aromatic N) is 3. The molecular weight excluding hydrogens is 422 g/mol. The largest absolute Gasteiger partial charge is 0.378 e. The molecule has 3 rings (SSSR count). The molecule has 1 aromatic heterocycles. The average molecular weight is 448 g/mol. The van der Waals surface area contributed by atoms with Crippen molar-refractivity contribution in [2.24, 2.45) is 0 Å². The molecule has 0 aliphatic carbocycles. The zero-order chi connectivity index (χ0) is 22.5. The maximum atomic E-state index is 12.5. The Morgan fingerprint density at radius 2 is 2.00 bits per heavy atom. The molecule has 2 aromatic rings. The van der Waals surface area contributed by atoms with Crippen LogP contribution in [0.15, 0.2) is 23.0 Å². The van der Waals surface area contributed by atoms with Crippen molar-refractivity contribution in [3.05, 3.63) is 50.4 Å². The predicted octanol–water partition coefficient (Wildman–Crippen LogP) is 1.84. The normalized spacial score (nSPS) is 13.7. The summed E-state index contributed by atoms with van der Waals surface area (Å²) in [4.78, 5) is 47.7. The molecule has 10 heteroatoms. The SMILES string of the molecule is Cc1nc(N2CCOCC2)[nH]c(=O)c1CCC(=O)Nc1ccc(C(=O)N(C)C)c(Cl)c1. The number of hydrogen-bond donors (Lipinski definition) is 2. The van der Waals surface area contributed by atoms with Crippen LogP contribution in [0.25, 0.3) is 0 Å². The van der Waals surface area contributed by atoms with Crippen molar-refractivity contribution in [3.8, 4) is 0 Å². The molecule has 2 amide bonds. The molecule has 31 heavy (non-hydrogen) atoms. The number of H-pyrrole nitrogens is 1. The lowest BCUT2D eigenvalue weighted by Crippen LogP contribution is -2.38. The standard InChI is InChI=1S/C21H26ClN5O4/c1-13-15(19(29)25-21(23-13)27-8-10-31-11-9-27)6-7-18(28)24-14-4-5-16(17(22)12-14)20(30)26(2)3/h4-5,12H,6-11H2,1-3H3,(H,24,28)(H,23,25,29). The minimum absolute atomic E-state index is 0.110. The van der Waals surface area contributed by atoms with Gasteiger partial charge in [0.1, 0.15) is 0 Å². The second kappa shape index (κ2) is 9.93. The molecule has 1 saturated heterocycles. The number of aromatic nitrogens is 2. The summed E-state index contributed by atoms with van der Waals surface area (Å²) in [5, 5.41) is 3.00. The molecule has 0 saturated carbocycles. The lowest BCUT2D eigenvalue weighted by Gasteiger charge is -2.27. The Balaban J connectivity index is 1.62. The van der Waals surface area contributed by atoms with Gasteiger partial charge in [0.25, 0.3) is 11.5 Å². The highest BCUT2D eigenvalue weighted by molar-refractivity contribution is 6.34. The first-order valence-corrected chi connectivity index (χ1v) is 10.4. The van der Waals surface area contributed by atoms with Gasteiger partial charge in [-0.05, 0) is 31.5 Å². The number of amides is 2. The van der Waals surface area contributed by atoms with E-state index in [0.29, 0.717) is 54.8 Å².